The first kappa shape index (κ1) is 12.1. The predicted molar refractivity (Wildman–Crippen MR) is 76.7 cm³/mol. The van der Waals surface area contributed by atoms with Crippen molar-refractivity contribution in [2.24, 2.45) is 0 Å². The second-order valence-corrected chi connectivity index (χ2v) is 4.29. The summed E-state index contributed by atoms with van der Waals surface area (Å²) in [5.41, 5.74) is 9.02. The van der Waals surface area contributed by atoms with E-state index in [-0.39, 0.29) is 0 Å². The van der Waals surface area contributed by atoms with Crippen LogP contribution in [0.3, 0.4) is 0 Å². The number of nitrogen functional groups attached to an aromatic ring is 1. The normalized spacial score (nSPS) is 10.4. The average Bonchev–Trinajstić information content (AvgIpc) is 2.82. The van der Waals surface area contributed by atoms with E-state index in [1.807, 2.05) is 34.9 Å². The van der Waals surface area contributed by atoms with Crippen LogP contribution >= 0.6 is 0 Å². The van der Waals surface area contributed by atoms with Gasteiger partial charge in [0.25, 0.3) is 0 Å². The van der Waals surface area contributed by atoms with Crippen molar-refractivity contribution < 1.29 is 4.74 Å². The van der Waals surface area contributed by atoms with Crippen LogP contribution in [0.4, 0.5) is 5.95 Å². The SMILES string of the molecule is COc1cc(C#N)ccc1-n1c(N)nc2ccccc21. The third kappa shape index (κ3) is 1.75. The summed E-state index contributed by atoms with van der Waals surface area (Å²) < 4.78 is 7.18. The van der Waals surface area contributed by atoms with E-state index >= 15 is 0 Å². The van der Waals surface area contributed by atoms with Gasteiger partial charge in [-0.05, 0) is 24.3 Å². The average molecular weight is 264 g/mol. The van der Waals surface area contributed by atoms with E-state index in [2.05, 4.69) is 11.1 Å². The number of hydrogen-bond acceptors (Lipinski definition) is 4. The number of anilines is 1. The number of rotatable bonds is 2. The Bertz CT molecular complexity index is 829. The summed E-state index contributed by atoms with van der Waals surface area (Å²) in [6.07, 6.45) is 0. The molecule has 2 N–H and O–H groups in total. The molecule has 2 aromatic carbocycles. The molecular weight excluding hydrogens is 252 g/mol. The Balaban J connectivity index is 2.31. The van der Waals surface area contributed by atoms with E-state index in [0.717, 1.165) is 16.7 Å². The minimum Gasteiger partial charge on any atom is -0.495 e. The number of imidazole rings is 1. The first-order valence-corrected chi connectivity index (χ1v) is 6.06. The molecule has 1 heterocycles. The molecule has 0 saturated heterocycles. The second kappa shape index (κ2) is 4.59. The summed E-state index contributed by atoms with van der Waals surface area (Å²) in [4.78, 5) is 4.33. The predicted octanol–water partition coefficient (Wildman–Crippen LogP) is 2.49. The third-order valence-electron chi connectivity index (χ3n) is 3.14. The summed E-state index contributed by atoms with van der Waals surface area (Å²) in [5, 5.41) is 8.96. The van der Waals surface area contributed by atoms with E-state index < -0.39 is 0 Å². The van der Waals surface area contributed by atoms with E-state index in [4.69, 9.17) is 15.7 Å². The lowest BCUT2D eigenvalue weighted by Crippen LogP contribution is -2.03. The number of hydrogen-bond donors (Lipinski definition) is 1. The van der Waals surface area contributed by atoms with Crippen LogP contribution in [0.2, 0.25) is 0 Å². The van der Waals surface area contributed by atoms with E-state index in [1.165, 1.54) is 0 Å². The Morgan fingerprint density at radius 2 is 2.05 bits per heavy atom. The summed E-state index contributed by atoms with van der Waals surface area (Å²) >= 11 is 0. The maximum absolute atomic E-state index is 8.96. The minimum absolute atomic E-state index is 0.384. The second-order valence-electron chi connectivity index (χ2n) is 4.29. The zero-order valence-corrected chi connectivity index (χ0v) is 10.9. The molecule has 5 nitrogen and oxygen atoms in total. The molecule has 0 fully saturated rings. The van der Waals surface area contributed by atoms with Crippen molar-refractivity contribution in [2.45, 2.75) is 0 Å². The molecule has 5 heteroatoms. The van der Waals surface area contributed by atoms with Gasteiger partial charge in [-0.2, -0.15) is 5.26 Å². The molecule has 0 bridgehead atoms. The van der Waals surface area contributed by atoms with Gasteiger partial charge in [0.05, 0.1) is 35.5 Å². The van der Waals surface area contributed by atoms with Crippen molar-refractivity contribution in [3.05, 3.63) is 48.0 Å². The molecule has 0 saturated carbocycles. The molecule has 0 atom stereocenters. The molecule has 0 unspecified atom stereocenters. The van der Waals surface area contributed by atoms with Gasteiger partial charge >= 0.3 is 0 Å². The zero-order chi connectivity index (χ0) is 14.1. The molecule has 3 aromatic rings. The Kier molecular flexibility index (Phi) is 2.77. The van der Waals surface area contributed by atoms with Crippen LogP contribution in [0.25, 0.3) is 16.7 Å². The van der Waals surface area contributed by atoms with Gasteiger partial charge in [0, 0.05) is 6.07 Å². The molecule has 98 valence electrons. The van der Waals surface area contributed by atoms with Crippen LogP contribution in [-0.2, 0) is 0 Å². The van der Waals surface area contributed by atoms with Gasteiger partial charge in [-0.25, -0.2) is 4.98 Å². The molecule has 1 aromatic heterocycles. The van der Waals surface area contributed by atoms with Crippen LogP contribution in [0.1, 0.15) is 5.56 Å². The fourth-order valence-corrected chi connectivity index (χ4v) is 2.23. The number of aromatic nitrogens is 2. The zero-order valence-electron chi connectivity index (χ0n) is 10.9. The fraction of sp³-hybridized carbons (Fsp3) is 0.0667. The summed E-state index contributed by atoms with van der Waals surface area (Å²) in [6.45, 7) is 0. The first-order valence-electron chi connectivity index (χ1n) is 6.06. The lowest BCUT2D eigenvalue weighted by Gasteiger charge is -2.11. The molecule has 0 aliphatic carbocycles. The van der Waals surface area contributed by atoms with Gasteiger partial charge in [0.2, 0.25) is 5.95 Å². The van der Waals surface area contributed by atoms with Crippen LogP contribution in [-0.4, -0.2) is 16.7 Å². The topological polar surface area (TPSA) is 76.9 Å². The van der Waals surface area contributed by atoms with Gasteiger partial charge in [-0.3, -0.25) is 4.57 Å². The largest absolute Gasteiger partial charge is 0.495 e. The quantitative estimate of drug-likeness (QED) is 0.771. The Hall–Kier alpha value is -3.00. The van der Waals surface area contributed by atoms with Crippen molar-refractivity contribution in [3.8, 4) is 17.5 Å². The highest BCUT2D eigenvalue weighted by atomic mass is 16.5. The Morgan fingerprint density at radius 3 is 2.80 bits per heavy atom. The number of para-hydroxylation sites is 2. The van der Waals surface area contributed by atoms with Crippen LogP contribution < -0.4 is 10.5 Å². The van der Waals surface area contributed by atoms with Crippen LogP contribution in [0.5, 0.6) is 5.75 Å². The van der Waals surface area contributed by atoms with Gasteiger partial charge < -0.3 is 10.5 Å². The molecular formula is C15H12N4O. The maximum atomic E-state index is 8.96. The smallest absolute Gasteiger partial charge is 0.206 e. The summed E-state index contributed by atoms with van der Waals surface area (Å²) in [6, 6.07) is 15.0. The van der Waals surface area contributed by atoms with Gasteiger partial charge in [-0.15, -0.1) is 0 Å². The summed E-state index contributed by atoms with van der Waals surface area (Å²) in [5.74, 6) is 0.966. The van der Waals surface area contributed by atoms with E-state index in [0.29, 0.717) is 17.3 Å². The Morgan fingerprint density at radius 1 is 1.25 bits per heavy atom. The molecule has 3 rings (SSSR count). The number of ether oxygens (including phenoxy) is 1. The molecule has 0 aliphatic rings. The van der Waals surface area contributed by atoms with Crippen molar-refractivity contribution in [1.29, 1.82) is 5.26 Å². The molecule has 0 amide bonds. The van der Waals surface area contributed by atoms with Crippen molar-refractivity contribution >= 4 is 17.0 Å². The van der Waals surface area contributed by atoms with Crippen molar-refractivity contribution in [2.75, 3.05) is 12.8 Å². The van der Waals surface area contributed by atoms with E-state index in [1.54, 1.807) is 19.2 Å². The van der Waals surface area contributed by atoms with Crippen LogP contribution in [0.15, 0.2) is 42.5 Å². The number of methoxy groups -OCH3 is 1. The highest BCUT2D eigenvalue weighted by Crippen LogP contribution is 2.30. The van der Waals surface area contributed by atoms with Crippen molar-refractivity contribution in [3.63, 3.8) is 0 Å². The van der Waals surface area contributed by atoms with Gasteiger partial charge in [0.1, 0.15) is 5.75 Å². The maximum Gasteiger partial charge on any atom is 0.206 e. The molecule has 20 heavy (non-hydrogen) atoms. The molecule has 0 aliphatic heterocycles. The number of nitrogens with zero attached hydrogens (tertiary/aromatic N) is 3. The third-order valence-corrected chi connectivity index (χ3v) is 3.14. The highest BCUT2D eigenvalue weighted by molar-refractivity contribution is 5.81. The van der Waals surface area contributed by atoms with Crippen molar-refractivity contribution in [1.82, 2.24) is 9.55 Å². The number of fused-ring (bicyclic) bond motifs is 1. The monoisotopic (exact) mass is 264 g/mol. The Labute approximate surface area is 115 Å². The standard InChI is InChI=1S/C15H12N4O/c1-20-14-8-10(9-16)6-7-13(14)19-12-5-3-2-4-11(12)18-15(19)17/h2-8H,1H3,(H2,17,18). The van der Waals surface area contributed by atoms with E-state index in [9.17, 15) is 0 Å². The lowest BCUT2D eigenvalue weighted by molar-refractivity contribution is 0.413. The minimum atomic E-state index is 0.384. The highest BCUT2D eigenvalue weighted by Gasteiger charge is 2.13. The number of nitriles is 1. The fourth-order valence-electron chi connectivity index (χ4n) is 2.23. The van der Waals surface area contributed by atoms with Gasteiger partial charge in [0.15, 0.2) is 0 Å². The summed E-state index contributed by atoms with van der Waals surface area (Å²) in [7, 11) is 1.56. The molecule has 0 radical (unpaired) electrons. The molecule has 0 spiro atoms. The lowest BCUT2D eigenvalue weighted by atomic mass is 10.2. The first-order chi connectivity index (χ1) is 9.74. The van der Waals surface area contributed by atoms with Gasteiger partial charge in [-0.1, -0.05) is 12.1 Å². The number of benzene rings is 2. The number of nitrogens with two attached hydrogens (primary N) is 1. The van der Waals surface area contributed by atoms with Crippen LogP contribution in [0, 0.1) is 11.3 Å².